The van der Waals surface area contributed by atoms with Crippen molar-refractivity contribution in [2.75, 3.05) is 7.11 Å². The van der Waals surface area contributed by atoms with Crippen molar-refractivity contribution in [3.05, 3.63) is 75.1 Å². The van der Waals surface area contributed by atoms with E-state index in [-0.39, 0.29) is 0 Å². The lowest BCUT2D eigenvalue weighted by Crippen LogP contribution is -2.31. The zero-order valence-corrected chi connectivity index (χ0v) is 13.9. The van der Waals surface area contributed by atoms with Gasteiger partial charge in [0.1, 0.15) is 11.3 Å². The van der Waals surface area contributed by atoms with Crippen molar-refractivity contribution in [3.8, 4) is 5.75 Å². The number of rotatable bonds is 2. The molecule has 0 fully saturated rings. The van der Waals surface area contributed by atoms with Gasteiger partial charge < -0.3 is 13.9 Å². The van der Waals surface area contributed by atoms with Crippen LogP contribution in [0.3, 0.4) is 0 Å². The summed E-state index contributed by atoms with van der Waals surface area (Å²) in [5, 5.41) is 1.20. The van der Waals surface area contributed by atoms with Gasteiger partial charge in [0.2, 0.25) is 6.10 Å². The zero-order valence-electron chi connectivity index (χ0n) is 13.2. The summed E-state index contributed by atoms with van der Waals surface area (Å²) in [6.45, 7) is 0. The van der Waals surface area contributed by atoms with Gasteiger partial charge in [-0.25, -0.2) is 9.59 Å². The van der Waals surface area contributed by atoms with E-state index in [1.54, 1.807) is 42.5 Å². The van der Waals surface area contributed by atoms with E-state index in [4.69, 9.17) is 25.5 Å². The quantitative estimate of drug-likeness (QED) is 0.519. The number of carbonyl (C=O) groups is 1. The summed E-state index contributed by atoms with van der Waals surface area (Å²) in [5.41, 5.74) is 0.921. The summed E-state index contributed by atoms with van der Waals surface area (Å²) in [4.78, 5) is 24.9. The van der Waals surface area contributed by atoms with Gasteiger partial charge in [0.15, 0.2) is 0 Å². The van der Waals surface area contributed by atoms with Gasteiger partial charge in [0, 0.05) is 5.02 Å². The summed E-state index contributed by atoms with van der Waals surface area (Å²) in [6.07, 6.45) is -0.963. The van der Waals surface area contributed by atoms with Crippen LogP contribution in [0.25, 0.3) is 11.0 Å². The molecule has 0 N–H and O–H groups in total. The van der Waals surface area contributed by atoms with Gasteiger partial charge in [-0.2, -0.15) is 0 Å². The van der Waals surface area contributed by atoms with Crippen molar-refractivity contribution in [2.45, 2.75) is 12.0 Å². The van der Waals surface area contributed by atoms with E-state index < -0.39 is 23.6 Å². The van der Waals surface area contributed by atoms with Crippen molar-refractivity contribution in [1.29, 1.82) is 0 Å². The van der Waals surface area contributed by atoms with Crippen molar-refractivity contribution in [3.63, 3.8) is 0 Å². The third-order valence-corrected chi connectivity index (χ3v) is 4.57. The Morgan fingerprint density at radius 1 is 1.12 bits per heavy atom. The van der Waals surface area contributed by atoms with Crippen LogP contribution in [0.15, 0.2) is 57.7 Å². The highest BCUT2D eigenvalue weighted by molar-refractivity contribution is 6.30. The molecular weight excluding hydrogens is 344 g/mol. The van der Waals surface area contributed by atoms with Crippen molar-refractivity contribution in [2.24, 2.45) is 0 Å². The van der Waals surface area contributed by atoms with E-state index in [9.17, 15) is 9.59 Å². The smallest absolute Gasteiger partial charge is 0.348 e. The predicted molar refractivity (Wildman–Crippen MR) is 92.2 cm³/mol. The molecule has 4 rings (SSSR count). The van der Waals surface area contributed by atoms with Gasteiger partial charge in [-0.3, -0.25) is 0 Å². The van der Waals surface area contributed by atoms with Gasteiger partial charge in [-0.15, -0.1) is 0 Å². The number of hydrogen-bond acceptors (Lipinski definition) is 5. The maximum absolute atomic E-state index is 12.6. The fourth-order valence-electron chi connectivity index (χ4n) is 3.19. The van der Waals surface area contributed by atoms with Crippen molar-refractivity contribution < 1.29 is 18.7 Å². The number of esters is 1. The SMILES string of the molecule is COC(=O)[C@H]1Oc2c(c(=O)oc3ccccc23)[C@H]1c1ccc(Cl)cc1. The molecule has 1 aliphatic rings. The third-order valence-electron chi connectivity index (χ3n) is 4.32. The van der Waals surface area contributed by atoms with Gasteiger partial charge in [-0.05, 0) is 29.8 Å². The normalized spacial score (nSPS) is 18.6. The summed E-state index contributed by atoms with van der Waals surface area (Å²) in [5.74, 6) is -0.817. The molecule has 0 spiro atoms. The van der Waals surface area contributed by atoms with E-state index in [0.717, 1.165) is 5.56 Å². The standard InChI is InChI=1S/C19H13ClO5/c1-23-19(22)17-14(10-6-8-11(20)9-7-10)15-16(25-17)12-4-2-3-5-13(12)24-18(15)21/h2-9,14,17H,1H3/t14-,17+/m1/s1. The number of para-hydroxylation sites is 1. The van der Waals surface area contributed by atoms with Crippen LogP contribution in [0.4, 0.5) is 0 Å². The molecule has 2 aromatic carbocycles. The summed E-state index contributed by atoms with van der Waals surface area (Å²) in [7, 11) is 1.29. The predicted octanol–water partition coefficient (Wildman–Crippen LogP) is 3.51. The zero-order chi connectivity index (χ0) is 17.6. The highest BCUT2D eigenvalue weighted by atomic mass is 35.5. The molecule has 1 aliphatic heterocycles. The molecule has 2 heterocycles. The number of carbonyl (C=O) groups excluding carboxylic acids is 1. The second-order valence-corrected chi connectivity index (χ2v) is 6.16. The second kappa shape index (κ2) is 5.93. The van der Waals surface area contributed by atoms with Crippen molar-refractivity contribution >= 4 is 28.5 Å². The minimum atomic E-state index is -0.963. The summed E-state index contributed by atoms with van der Waals surface area (Å²) >= 11 is 5.95. The molecular formula is C19H13ClO5. The minimum Gasteiger partial charge on any atom is -0.476 e. The Morgan fingerprint density at radius 3 is 2.56 bits per heavy atom. The highest BCUT2D eigenvalue weighted by Crippen LogP contribution is 2.44. The number of hydrogen-bond donors (Lipinski definition) is 0. The first-order chi connectivity index (χ1) is 12.1. The van der Waals surface area contributed by atoms with Crippen LogP contribution >= 0.6 is 11.6 Å². The molecule has 0 radical (unpaired) electrons. The van der Waals surface area contributed by atoms with Gasteiger partial charge in [0.05, 0.1) is 24.0 Å². The fraction of sp³-hybridized carbons (Fsp3) is 0.158. The molecule has 0 amide bonds. The third kappa shape index (κ3) is 2.48. The van der Waals surface area contributed by atoms with E-state index >= 15 is 0 Å². The number of ether oxygens (including phenoxy) is 2. The molecule has 0 aliphatic carbocycles. The molecule has 25 heavy (non-hydrogen) atoms. The number of benzene rings is 2. The van der Waals surface area contributed by atoms with E-state index in [1.165, 1.54) is 7.11 Å². The number of fused-ring (bicyclic) bond motifs is 3. The lowest BCUT2D eigenvalue weighted by atomic mass is 9.88. The lowest BCUT2D eigenvalue weighted by Gasteiger charge is -2.16. The monoisotopic (exact) mass is 356 g/mol. The van der Waals surface area contributed by atoms with Crippen LogP contribution in [-0.4, -0.2) is 19.2 Å². The van der Waals surface area contributed by atoms with Crippen LogP contribution in [0.1, 0.15) is 17.0 Å². The van der Waals surface area contributed by atoms with Crippen LogP contribution in [0.2, 0.25) is 5.02 Å². The average molecular weight is 357 g/mol. The summed E-state index contributed by atoms with van der Waals surface area (Å²) in [6, 6.07) is 14.0. The van der Waals surface area contributed by atoms with Crippen LogP contribution < -0.4 is 10.4 Å². The van der Waals surface area contributed by atoms with E-state index in [1.807, 2.05) is 6.07 Å². The Balaban J connectivity index is 1.98. The first-order valence-corrected chi connectivity index (χ1v) is 8.03. The molecule has 6 heteroatoms. The van der Waals surface area contributed by atoms with E-state index in [2.05, 4.69) is 0 Å². The molecule has 0 saturated carbocycles. The van der Waals surface area contributed by atoms with Gasteiger partial charge in [0.25, 0.3) is 0 Å². The maximum atomic E-state index is 12.6. The van der Waals surface area contributed by atoms with E-state index in [0.29, 0.717) is 27.3 Å². The van der Waals surface area contributed by atoms with Gasteiger partial charge in [-0.1, -0.05) is 35.9 Å². The molecule has 2 atom stereocenters. The van der Waals surface area contributed by atoms with Crippen LogP contribution in [0.5, 0.6) is 5.75 Å². The fourth-order valence-corrected chi connectivity index (χ4v) is 3.32. The topological polar surface area (TPSA) is 65.7 Å². The second-order valence-electron chi connectivity index (χ2n) is 5.72. The average Bonchev–Trinajstić information content (AvgIpc) is 3.03. The first kappa shape index (κ1) is 15.7. The Labute approximate surface area is 147 Å². The van der Waals surface area contributed by atoms with Gasteiger partial charge >= 0.3 is 11.6 Å². The number of methoxy groups -OCH3 is 1. The molecule has 1 aromatic heterocycles. The van der Waals surface area contributed by atoms with Crippen molar-refractivity contribution in [1.82, 2.24) is 0 Å². The Morgan fingerprint density at radius 2 is 1.84 bits per heavy atom. The highest BCUT2D eigenvalue weighted by Gasteiger charge is 2.44. The Kier molecular flexibility index (Phi) is 3.73. The largest absolute Gasteiger partial charge is 0.476 e. The van der Waals surface area contributed by atoms with Crippen LogP contribution in [0, 0.1) is 0 Å². The maximum Gasteiger partial charge on any atom is 0.348 e. The Bertz CT molecular complexity index is 1020. The molecule has 0 bridgehead atoms. The molecule has 0 unspecified atom stereocenters. The minimum absolute atomic E-state index is 0.316. The molecule has 126 valence electrons. The number of halogens is 1. The molecule has 5 nitrogen and oxygen atoms in total. The molecule has 0 saturated heterocycles. The Hall–Kier alpha value is -2.79. The molecule has 3 aromatic rings. The lowest BCUT2D eigenvalue weighted by molar-refractivity contribution is -0.148. The summed E-state index contributed by atoms with van der Waals surface area (Å²) < 4.78 is 16.2. The first-order valence-electron chi connectivity index (χ1n) is 7.66. The van der Waals surface area contributed by atoms with Crippen LogP contribution in [-0.2, 0) is 9.53 Å².